The number of rotatable bonds is 6. The monoisotopic (exact) mass is 451 g/mol. The summed E-state index contributed by atoms with van der Waals surface area (Å²) in [5, 5.41) is 22.7. The predicted molar refractivity (Wildman–Crippen MR) is 132 cm³/mol. The molecule has 3 aromatic carbocycles. The van der Waals surface area contributed by atoms with Crippen LogP contribution in [0.15, 0.2) is 84.0 Å². The molecule has 2 aromatic heterocycles. The summed E-state index contributed by atoms with van der Waals surface area (Å²) >= 11 is 0. The zero-order valence-corrected chi connectivity index (χ0v) is 18.3. The maximum atomic E-state index is 11.4. The number of hydrogen-bond acceptors (Lipinski definition) is 5. The number of aromatic nitrogens is 3. The second-order valence-corrected chi connectivity index (χ2v) is 7.81. The van der Waals surface area contributed by atoms with Crippen molar-refractivity contribution in [2.75, 3.05) is 0 Å². The fraction of sp³-hybridized carbons (Fsp3) is 0.0769. The lowest BCUT2D eigenvalue weighted by Crippen LogP contribution is -2.03. The summed E-state index contributed by atoms with van der Waals surface area (Å²) in [6.07, 6.45) is 2.60. The number of aryl methyl sites for hydroxylation is 1. The standard InChI is InChI=1S/C26H21N5O3/c1-2-23-27-15-22(29-23)17-9-6-10-18(13-17)28-25(16-7-4-3-5-8-16)24-20-14-19(31(33)34)11-12-21(20)30-26(24)32/h3-15,30,32H,2H2,1H3,(H,27,29). The van der Waals surface area contributed by atoms with E-state index < -0.39 is 4.92 Å². The molecule has 34 heavy (non-hydrogen) atoms. The number of nitrogens with zero attached hydrogens (tertiary/aromatic N) is 3. The van der Waals surface area contributed by atoms with Crippen molar-refractivity contribution < 1.29 is 10.0 Å². The quantitative estimate of drug-likeness (QED) is 0.169. The Kier molecular flexibility index (Phi) is 5.39. The number of imidazole rings is 1. The molecule has 168 valence electrons. The highest BCUT2D eigenvalue weighted by atomic mass is 16.6. The third-order valence-electron chi connectivity index (χ3n) is 5.62. The van der Waals surface area contributed by atoms with Crippen molar-refractivity contribution in [2.45, 2.75) is 13.3 Å². The van der Waals surface area contributed by atoms with Gasteiger partial charge in [-0.3, -0.25) is 10.1 Å². The van der Waals surface area contributed by atoms with Crippen LogP contribution in [0.2, 0.25) is 0 Å². The molecule has 0 fully saturated rings. The highest BCUT2D eigenvalue weighted by molar-refractivity contribution is 6.22. The van der Waals surface area contributed by atoms with Gasteiger partial charge in [-0.1, -0.05) is 49.4 Å². The SMILES string of the molecule is CCc1ncc(-c2cccc(N=C(c3ccccc3)c3c(O)[nH]c4ccc([N+](=O)[O-])cc34)c2)[nH]1. The number of non-ortho nitro benzene ring substituents is 1. The topological polar surface area (TPSA) is 120 Å². The average molecular weight is 451 g/mol. The number of aliphatic imine (C=N–C) groups is 1. The van der Waals surface area contributed by atoms with Gasteiger partial charge in [0.1, 0.15) is 5.82 Å². The number of H-pyrrole nitrogens is 2. The molecule has 0 aliphatic heterocycles. The Morgan fingerprint density at radius 1 is 1.06 bits per heavy atom. The van der Waals surface area contributed by atoms with Gasteiger partial charge in [0.2, 0.25) is 0 Å². The van der Waals surface area contributed by atoms with Gasteiger partial charge < -0.3 is 15.1 Å². The minimum Gasteiger partial charge on any atom is -0.494 e. The van der Waals surface area contributed by atoms with Crippen molar-refractivity contribution in [3.05, 3.63) is 106 Å². The van der Waals surface area contributed by atoms with Crippen LogP contribution in [-0.2, 0) is 6.42 Å². The molecule has 0 amide bonds. The largest absolute Gasteiger partial charge is 0.494 e. The van der Waals surface area contributed by atoms with Gasteiger partial charge in [-0.25, -0.2) is 9.98 Å². The minimum absolute atomic E-state index is 0.0619. The first kappa shape index (κ1) is 21.1. The van der Waals surface area contributed by atoms with Crippen LogP contribution in [0.3, 0.4) is 0 Å². The minimum atomic E-state index is -0.453. The highest BCUT2D eigenvalue weighted by Crippen LogP contribution is 2.34. The smallest absolute Gasteiger partial charge is 0.270 e. The lowest BCUT2D eigenvalue weighted by molar-refractivity contribution is -0.384. The predicted octanol–water partition coefficient (Wildman–Crippen LogP) is 5.90. The normalized spacial score (nSPS) is 11.7. The fourth-order valence-electron chi connectivity index (χ4n) is 3.94. The van der Waals surface area contributed by atoms with Crippen LogP contribution in [0, 0.1) is 10.1 Å². The summed E-state index contributed by atoms with van der Waals surface area (Å²) in [6, 6.07) is 21.6. The van der Waals surface area contributed by atoms with E-state index >= 15 is 0 Å². The summed E-state index contributed by atoms with van der Waals surface area (Å²) in [6.45, 7) is 2.04. The molecule has 0 spiro atoms. The van der Waals surface area contributed by atoms with E-state index in [9.17, 15) is 15.2 Å². The van der Waals surface area contributed by atoms with Crippen LogP contribution in [0.25, 0.3) is 22.2 Å². The van der Waals surface area contributed by atoms with E-state index in [0.717, 1.165) is 29.1 Å². The summed E-state index contributed by atoms with van der Waals surface area (Å²) in [7, 11) is 0. The lowest BCUT2D eigenvalue weighted by Gasteiger charge is -2.08. The van der Waals surface area contributed by atoms with Crippen molar-refractivity contribution in [3.8, 4) is 17.1 Å². The maximum Gasteiger partial charge on any atom is 0.270 e. The Morgan fingerprint density at radius 2 is 1.88 bits per heavy atom. The molecular formula is C26H21N5O3. The molecule has 5 aromatic rings. The van der Waals surface area contributed by atoms with Crippen LogP contribution in [0.5, 0.6) is 5.88 Å². The fourth-order valence-corrected chi connectivity index (χ4v) is 3.94. The third kappa shape index (κ3) is 3.93. The van der Waals surface area contributed by atoms with Crippen LogP contribution < -0.4 is 0 Å². The second kappa shape index (κ2) is 8.67. The Balaban J connectivity index is 1.70. The molecule has 0 aliphatic carbocycles. The molecule has 0 aliphatic rings. The van der Waals surface area contributed by atoms with Crippen molar-refractivity contribution in [1.82, 2.24) is 15.0 Å². The summed E-state index contributed by atoms with van der Waals surface area (Å²) in [5.41, 5.74) is 4.69. The molecule has 0 saturated heterocycles. The molecule has 0 saturated carbocycles. The van der Waals surface area contributed by atoms with Gasteiger partial charge in [0, 0.05) is 40.6 Å². The molecular weight excluding hydrogens is 430 g/mol. The number of aromatic amines is 2. The van der Waals surface area contributed by atoms with Crippen molar-refractivity contribution in [3.63, 3.8) is 0 Å². The first-order chi connectivity index (χ1) is 16.5. The van der Waals surface area contributed by atoms with E-state index in [4.69, 9.17) is 4.99 Å². The maximum absolute atomic E-state index is 11.4. The molecule has 0 unspecified atom stereocenters. The van der Waals surface area contributed by atoms with Crippen LogP contribution >= 0.6 is 0 Å². The molecule has 3 N–H and O–H groups in total. The first-order valence-electron chi connectivity index (χ1n) is 10.8. The number of aromatic hydroxyl groups is 1. The second-order valence-electron chi connectivity index (χ2n) is 7.81. The molecule has 5 rings (SSSR count). The van der Waals surface area contributed by atoms with E-state index in [-0.39, 0.29) is 11.6 Å². The third-order valence-corrected chi connectivity index (χ3v) is 5.62. The van der Waals surface area contributed by atoms with Gasteiger partial charge in [0.25, 0.3) is 5.69 Å². The number of hydrogen-bond donors (Lipinski definition) is 3. The van der Waals surface area contributed by atoms with E-state index in [1.54, 1.807) is 12.3 Å². The molecule has 8 heteroatoms. The number of nitro groups is 1. The van der Waals surface area contributed by atoms with Crippen LogP contribution in [-0.4, -0.2) is 30.7 Å². The van der Waals surface area contributed by atoms with Gasteiger partial charge in [-0.2, -0.15) is 0 Å². The van der Waals surface area contributed by atoms with E-state index in [0.29, 0.717) is 27.9 Å². The van der Waals surface area contributed by atoms with E-state index in [1.807, 2.05) is 61.5 Å². The summed E-state index contributed by atoms with van der Waals surface area (Å²) in [5.74, 6) is 0.801. The van der Waals surface area contributed by atoms with Crippen LogP contribution in [0.1, 0.15) is 23.9 Å². The Hall–Kier alpha value is -4.72. The van der Waals surface area contributed by atoms with Crippen molar-refractivity contribution >= 4 is 28.0 Å². The van der Waals surface area contributed by atoms with Gasteiger partial charge in [-0.15, -0.1) is 0 Å². The van der Waals surface area contributed by atoms with Gasteiger partial charge in [0.15, 0.2) is 5.88 Å². The van der Waals surface area contributed by atoms with E-state index in [2.05, 4.69) is 15.0 Å². The van der Waals surface area contributed by atoms with E-state index in [1.165, 1.54) is 12.1 Å². The summed E-state index contributed by atoms with van der Waals surface area (Å²) < 4.78 is 0. The number of nitrogens with one attached hydrogen (secondary N) is 2. The van der Waals surface area contributed by atoms with Crippen molar-refractivity contribution in [1.29, 1.82) is 0 Å². The first-order valence-corrected chi connectivity index (χ1v) is 10.8. The van der Waals surface area contributed by atoms with Crippen molar-refractivity contribution in [2.24, 2.45) is 4.99 Å². The number of fused-ring (bicyclic) bond motifs is 1. The molecule has 0 radical (unpaired) electrons. The van der Waals surface area contributed by atoms with Gasteiger partial charge in [-0.05, 0) is 18.2 Å². The number of benzene rings is 3. The Bertz CT molecular complexity index is 1530. The molecule has 0 bridgehead atoms. The molecule has 2 heterocycles. The highest BCUT2D eigenvalue weighted by Gasteiger charge is 2.21. The Labute approximate surface area is 194 Å². The van der Waals surface area contributed by atoms with Crippen LogP contribution in [0.4, 0.5) is 11.4 Å². The number of nitro benzene ring substituents is 1. The molecule has 8 nitrogen and oxygen atoms in total. The molecule has 0 atom stereocenters. The average Bonchev–Trinajstić information content (AvgIpc) is 3.47. The summed E-state index contributed by atoms with van der Waals surface area (Å²) in [4.78, 5) is 26.4. The Morgan fingerprint density at radius 3 is 2.62 bits per heavy atom. The lowest BCUT2D eigenvalue weighted by atomic mass is 10.0. The zero-order chi connectivity index (χ0) is 23.7. The van der Waals surface area contributed by atoms with Gasteiger partial charge in [0.05, 0.1) is 33.8 Å². The zero-order valence-electron chi connectivity index (χ0n) is 18.3. The van der Waals surface area contributed by atoms with Gasteiger partial charge >= 0.3 is 0 Å².